The topological polar surface area (TPSA) is 70.6 Å². The molecule has 9 heteroatoms. The van der Waals surface area contributed by atoms with Gasteiger partial charge in [-0.05, 0) is 82.4 Å². The fraction of sp³-hybridized carbons (Fsp3) is 0.364. The number of hydrogen-bond donors (Lipinski definition) is 0. The Hall–Kier alpha value is -2.00. The standard InChI is InChI=1S/C22H26ClN3O3S2/c1-15-12-16(2)21-19(13-15)30-22(24-21)26(11-5-10-25(3)4)20(27)14-31(28,29)18-8-6-17(23)7-9-18/h6-9,12-13H,5,10-11,14H2,1-4H3. The lowest BCUT2D eigenvalue weighted by atomic mass is 10.1. The summed E-state index contributed by atoms with van der Waals surface area (Å²) in [5.74, 6) is -1.10. The first-order valence-electron chi connectivity index (χ1n) is 9.88. The van der Waals surface area contributed by atoms with Crippen molar-refractivity contribution in [2.24, 2.45) is 0 Å². The van der Waals surface area contributed by atoms with Crippen molar-refractivity contribution in [3.05, 3.63) is 52.5 Å². The van der Waals surface area contributed by atoms with Gasteiger partial charge in [0.25, 0.3) is 0 Å². The molecule has 0 N–H and O–H groups in total. The van der Waals surface area contributed by atoms with Gasteiger partial charge in [0.15, 0.2) is 15.0 Å². The quantitative estimate of drug-likeness (QED) is 0.481. The highest BCUT2D eigenvalue weighted by Crippen LogP contribution is 2.32. The molecule has 0 atom stereocenters. The Labute approximate surface area is 192 Å². The van der Waals surface area contributed by atoms with Gasteiger partial charge in [-0.25, -0.2) is 13.4 Å². The van der Waals surface area contributed by atoms with E-state index in [2.05, 4.69) is 11.1 Å². The normalized spacial score (nSPS) is 11.9. The molecule has 0 fully saturated rings. The first kappa shape index (κ1) is 23.7. The van der Waals surface area contributed by atoms with Crippen LogP contribution >= 0.6 is 22.9 Å². The molecule has 0 unspecified atom stereocenters. The van der Waals surface area contributed by atoms with Gasteiger partial charge in [0, 0.05) is 11.6 Å². The summed E-state index contributed by atoms with van der Waals surface area (Å²) in [6, 6.07) is 9.95. The molecule has 31 heavy (non-hydrogen) atoms. The van der Waals surface area contributed by atoms with Crippen LogP contribution in [0.1, 0.15) is 17.5 Å². The molecule has 1 heterocycles. The number of rotatable bonds is 8. The minimum Gasteiger partial charge on any atom is -0.309 e. The third-order valence-corrected chi connectivity index (χ3v) is 7.72. The number of aryl methyl sites for hydroxylation is 2. The minimum atomic E-state index is -3.80. The number of halogens is 1. The lowest BCUT2D eigenvalue weighted by Gasteiger charge is -2.21. The Morgan fingerprint density at radius 3 is 2.42 bits per heavy atom. The van der Waals surface area contributed by atoms with E-state index in [0.717, 1.165) is 27.9 Å². The Kier molecular flexibility index (Phi) is 7.36. The summed E-state index contributed by atoms with van der Waals surface area (Å²) in [6.45, 7) is 5.17. The number of benzene rings is 2. The van der Waals surface area contributed by atoms with Crippen LogP contribution in [0.25, 0.3) is 10.2 Å². The van der Waals surface area contributed by atoms with Crippen molar-refractivity contribution in [1.29, 1.82) is 0 Å². The summed E-state index contributed by atoms with van der Waals surface area (Å²) >= 11 is 7.28. The third kappa shape index (κ3) is 5.83. The van der Waals surface area contributed by atoms with Crippen molar-refractivity contribution in [2.45, 2.75) is 25.2 Å². The summed E-state index contributed by atoms with van der Waals surface area (Å²) in [6.07, 6.45) is 0.702. The van der Waals surface area contributed by atoms with E-state index in [4.69, 9.17) is 11.6 Å². The molecule has 1 amide bonds. The fourth-order valence-corrected chi connectivity index (χ4v) is 5.82. The summed E-state index contributed by atoms with van der Waals surface area (Å²) in [5, 5.41) is 0.967. The predicted molar refractivity (Wildman–Crippen MR) is 128 cm³/mol. The Balaban J connectivity index is 1.92. The number of anilines is 1. The van der Waals surface area contributed by atoms with Gasteiger partial charge in [0.05, 0.1) is 15.1 Å². The number of thiazole rings is 1. The zero-order chi connectivity index (χ0) is 22.8. The number of hydrogen-bond acceptors (Lipinski definition) is 6. The van der Waals surface area contributed by atoms with Crippen molar-refractivity contribution in [1.82, 2.24) is 9.88 Å². The van der Waals surface area contributed by atoms with Crippen LogP contribution in [0.2, 0.25) is 5.02 Å². The second-order valence-corrected chi connectivity index (χ2v) is 11.3. The number of sulfone groups is 1. The van der Waals surface area contributed by atoms with Gasteiger partial charge >= 0.3 is 0 Å². The Morgan fingerprint density at radius 2 is 1.77 bits per heavy atom. The largest absolute Gasteiger partial charge is 0.309 e. The number of nitrogens with zero attached hydrogens (tertiary/aromatic N) is 3. The SMILES string of the molecule is Cc1cc(C)c2nc(N(CCCN(C)C)C(=O)CS(=O)(=O)c3ccc(Cl)cc3)sc2c1. The third-order valence-electron chi connectivity index (χ3n) is 4.82. The van der Waals surface area contributed by atoms with Crippen LogP contribution in [0, 0.1) is 13.8 Å². The summed E-state index contributed by atoms with van der Waals surface area (Å²) in [4.78, 5) is 21.5. The first-order valence-corrected chi connectivity index (χ1v) is 12.7. The molecule has 0 saturated heterocycles. The van der Waals surface area contributed by atoms with Gasteiger partial charge in [-0.3, -0.25) is 9.69 Å². The Bertz CT molecular complexity index is 1190. The van der Waals surface area contributed by atoms with E-state index >= 15 is 0 Å². The molecule has 0 aliphatic heterocycles. The molecular formula is C22H26ClN3O3S2. The van der Waals surface area contributed by atoms with E-state index in [1.807, 2.05) is 38.9 Å². The summed E-state index contributed by atoms with van der Waals surface area (Å²) in [7, 11) is 0.120. The average Bonchev–Trinajstić information content (AvgIpc) is 3.08. The monoisotopic (exact) mass is 479 g/mol. The van der Waals surface area contributed by atoms with Crippen molar-refractivity contribution in [3.63, 3.8) is 0 Å². The molecule has 166 valence electrons. The summed E-state index contributed by atoms with van der Waals surface area (Å²) in [5.41, 5.74) is 3.00. The minimum absolute atomic E-state index is 0.0780. The van der Waals surface area contributed by atoms with E-state index in [0.29, 0.717) is 23.1 Å². The van der Waals surface area contributed by atoms with Crippen LogP contribution in [-0.4, -0.2) is 57.1 Å². The number of aromatic nitrogens is 1. The van der Waals surface area contributed by atoms with Gasteiger partial charge in [0.1, 0.15) is 5.75 Å². The van der Waals surface area contributed by atoms with E-state index in [1.165, 1.54) is 40.5 Å². The predicted octanol–water partition coefficient (Wildman–Crippen LogP) is 4.33. The highest BCUT2D eigenvalue weighted by Gasteiger charge is 2.26. The van der Waals surface area contributed by atoms with Gasteiger partial charge in [-0.2, -0.15) is 0 Å². The maximum absolute atomic E-state index is 13.2. The van der Waals surface area contributed by atoms with Crippen molar-refractivity contribution in [2.75, 3.05) is 37.8 Å². The highest BCUT2D eigenvalue weighted by atomic mass is 35.5. The molecule has 3 rings (SSSR count). The van der Waals surface area contributed by atoms with E-state index in [9.17, 15) is 13.2 Å². The highest BCUT2D eigenvalue weighted by molar-refractivity contribution is 7.92. The first-order chi connectivity index (χ1) is 14.6. The van der Waals surface area contributed by atoms with E-state index in [1.54, 1.807) is 0 Å². The van der Waals surface area contributed by atoms with Crippen LogP contribution in [0.3, 0.4) is 0 Å². The molecule has 2 aromatic carbocycles. The van der Waals surface area contributed by atoms with Gasteiger partial charge in [0.2, 0.25) is 5.91 Å². The molecule has 1 aromatic heterocycles. The van der Waals surface area contributed by atoms with Gasteiger partial charge in [-0.1, -0.05) is 29.0 Å². The second-order valence-electron chi connectivity index (χ2n) is 7.84. The van der Waals surface area contributed by atoms with Gasteiger partial charge in [-0.15, -0.1) is 0 Å². The average molecular weight is 480 g/mol. The van der Waals surface area contributed by atoms with Crippen molar-refractivity contribution >= 4 is 54.0 Å². The summed E-state index contributed by atoms with van der Waals surface area (Å²) < 4.78 is 26.6. The fourth-order valence-electron chi connectivity index (χ4n) is 3.31. The van der Waals surface area contributed by atoms with Crippen LogP contribution in [0.15, 0.2) is 41.3 Å². The smallest absolute Gasteiger partial charge is 0.244 e. The van der Waals surface area contributed by atoms with Crippen LogP contribution in [-0.2, 0) is 14.6 Å². The molecule has 0 aliphatic rings. The maximum atomic E-state index is 13.2. The Morgan fingerprint density at radius 1 is 1.10 bits per heavy atom. The molecule has 0 saturated carbocycles. The molecule has 0 radical (unpaired) electrons. The van der Waals surface area contributed by atoms with Crippen LogP contribution in [0.4, 0.5) is 5.13 Å². The molecule has 0 spiro atoms. The molecule has 3 aromatic rings. The molecule has 0 bridgehead atoms. The maximum Gasteiger partial charge on any atom is 0.244 e. The van der Waals surface area contributed by atoms with Crippen LogP contribution < -0.4 is 4.90 Å². The zero-order valence-electron chi connectivity index (χ0n) is 18.1. The van der Waals surface area contributed by atoms with Crippen molar-refractivity contribution < 1.29 is 13.2 Å². The van der Waals surface area contributed by atoms with Crippen molar-refractivity contribution in [3.8, 4) is 0 Å². The lowest BCUT2D eigenvalue weighted by molar-refractivity contribution is -0.116. The van der Waals surface area contributed by atoms with E-state index < -0.39 is 21.5 Å². The van der Waals surface area contributed by atoms with Crippen LogP contribution in [0.5, 0.6) is 0 Å². The molecule has 0 aliphatic carbocycles. The van der Waals surface area contributed by atoms with Gasteiger partial charge < -0.3 is 4.90 Å². The number of carbonyl (C=O) groups is 1. The second kappa shape index (κ2) is 9.65. The molecule has 6 nitrogen and oxygen atoms in total. The zero-order valence-corrected chi connectivity index (χ0v) is 20.4. The number of carbonyl (C=O) groups excluding carboxylic acids is 1. The lowest BCUT2D eigenvalue weighted by Crippen LogP contribution is -2.37. The van der Waals surface area contributed by atoms with E-state index in [-0.39, 0.29) is 4.90 Å². The number of fused-ring (bicyclic) bond motifs is 1. The number of amides is 1. The molecular weight excluding hydrogens is 454 g/mol.